The highest BCUT2D eigenvalue weighted by Crippen LogP contribution is 2.25. The predicted octanol–water partition coefficient (Wildman–Crippen LogP) is 3.47. The molecular formula is C18H20N2O4. The Morgan fingerprint density at radius 2 is 1.79 bits per heavy atom. The van der Waals surface area contributed by atoms with Gasteiger partial charge in [-0.1, -0.05) is 18.2 Å². The largest absolute Gasteiger partial charge is 0.478 e. The van der Waals surface area contributed by atoms with E-state index in [4.69, 9.17) is 9.84 Å². The number of anilines is 1. The van der Waals surface area contributed by atoms with E-state index in [-0.39, 0.29) is 12.3 Å². The summed E-state index contributed by atoms with van der Waals surface area (Å²) in [6, 6.07) is 9.54. The number of hydrogen-bond donors (Lipinski definition) is 3. The molecule has 0 radical (unpaired) electrons. The number of benzene rings is 2. The number of rotatable bonds is 5. The first-order valence-corrected chi connectivity index (χ1v) is 7.46. The first-order valence-electron chi connectivity index (χ1n) is 7.46. The minimum atomic E-state index is -1.05. The van der Waals surface area contributed by atoms with Gasteiger partial charge in [0.05, 0.1) is 5.56 Å². The fourth-order valence-electron chi connectivity index (χ4n) is 2.23. The Balaban J connectivity index is 1.91. The first kappa shape index (κ1) is 17.3. The zero-order chi connectivity index (χ0) is 17.7. The molecule has 0 heterocycles. The van der Waals surface area contributed by atoms with Crippen molar-refractivity contribution in [1.82, 2.24) is 5.32 Å². The van der Waals surface area contributed by atoms with Crippen LogP contribution in [0.5, 0.6) is 5.75 Å². The summed E-state index contributed by atoms with van der Waals surface area (Å²) in [6.07, 6.45) is 0. The van der Waals surface area contributed by atoms with Gasteiger partial charge in [0.25, 0.3) is 0 Å². The monoisotopic (exact) mass is 328 g/mol. The van der Waals surface area contributed by atoms with Crippen LogP contribution in [0.3, 0.4) is 0 Å². The van der Waals surface area contributed by atoms with Gasteiger partial charge in [-0.25, -0.2) is 9.59 Å². The third-order valence-corrected chi connectivity index (χ3v) is 3.69. The molecule has 0 bridgehead atoms. The maximum atomic E-state index is 11.9. The second kappa shape index (κ2) is 7.50. The van der Waals surface area contributed by atoms with Crippen molar-refractivity contribution in [2.75, 3.05) is 12.0 Å². The van der Waals surface area contributed by atoms with Crippen LogP contribution in [0.1, 0.15) is 27.0 Å². The summed E-state index contributed by atoms with van der Waals surface area (Å²) in [6.45, 7) is 5.92. The van der Waals surface area contributed by atoms with Gasteiger partial charge in [-0.3, -0.25) is 0 Å². The Morgan fingerprint density at radius 3 is 2.50 bits per heavy atom. The maximum Gasteiger partial charge on any atom is 0.335 e. The molecule has 6 nitrogen and oxygen atoms in total. The number of carbonyl (C=O) groups is 2. The number of urea groups is 1. The predicted molar refractivity (Wildman–Crippen MR) is 91.7 cm³/mol. The van der Waals surface area contributed by atoms with E-state index >= 15 is 0 Å². The minimum absolute atomic E-state index is 0.00951. The van der Waals surface area contributed by atoms with Crippen molar-refractivity contribution in [1.29, 1.82) is 0 Å². The van der Waals surface area contributed by atoms with E-state index in [9.17, 15) is 9.59 Å². The Kier molecular flexibility index (Phi) is 5.42. The Bertz CT molecular complexity index is 772. The van der Waals surface area contributed by atoms with Gasteiger partial charge < -0.3 is 20.5 Å². The summed E-state index contributed by atoms with van der Waals surface area (Å²) in [5.41, 5.74) is 3.65. The molecule has 0 aliphatic rings. The summed E-state index contributed by atoms with van der Waals surface area (Å²) < 4.78 is 5.65. The highest BCUT2D eigenvalue weighted by atomic mass is 16.5. The molecule has 0 unspecified atom stereocenters. The average Bonchev–Trinajstić information content (AvgIpc) is 2.54. The third-order valence-electron chi connectivity index (χ3n) is 3.69. The summed E-state index contributed by atoms with van der Waals surface area (Å²) in [7, 11) is 0. The van der Waals surface area contributed by atoms with Gasteiger partial charge in [0.2, 0.25) is 0 Å². The van der Waals surface area contributed by atoms with Crippen molar-refractivity contribution in [3.8, 4) is 5.75 Å². The van der Waals surface area contributed by atoms with Crippen molar-refractivity contribution in [3.05, 3.63) is 58.7 Å². The first-order chi connectivity index (χ1) is 11.4. The highest BCUT2D eigenvalue weighted by molar-refractivity contribution is 5.93. The van der Waals surface area contributed by atoms with Crippen LogP contribution in [0.15, 0.2) is 36.4 Å². The van der Waals surface area contributed by atoms with Crippen LogP contribution < -0.4 is 15.4 Å². The van der Waals surface area contributed by atoms with Crippen LogP contribution in [0.25, 0.3) is 0 Å². The molecule has 0 saturated heterocycles. The van der Waals surface area contributed by atoms with Crippen molar-refractivity contribution >= 4 is 17.7 Å². The van der Waals surface area contributed by atoms with Crippen molar-refractivity contribution in [2.45, 2.75) is 20.8 Å². The molecule has 0 aromatic heterocycles. The molecule has 0 aliphatic carbocycles. The Hall–Kier alpha value is -3.02. The molecule has 0 spiro atoms. The second-order valence-corrected chi connectivity index (χ2v) is 5.46. The third kappa shape index (κ3) is 4.25. The fourth-order valence-corrected chi connectivity index (χ4v) is 2.23. The lowest BCUT2D eigenvalue weighted by molar-refractivity contribution is 0.0697. The molecule has 0 saturated carbocycles. The second-order valence-electron chi connectivity index (χ2n) is 5.46. The number of nitrogens with one attached hydrogen (secondary N) is 2. The average molecular weight is 328 g/mol. The van der Waals surface area contributed by atoms with Crippen molar-refractivity contribution in [3.63, 3.8) is 0 Å². The van der Waals surface area contributed by atoms with E-state index in [2.05, 4.69) is 10.6 Å². The summed E-state index contributed by atoms with van der Waals surface area (Å²) >= 11 is 0. The molecule has 0 aliphatic heterocycles. The number of hydrogen-bond acceptors (Lipinski definition) is 3. The minimum Gasteiger partial charge on any atom is -0.478 e. The van der Waals surface area contributed by atoms with Crippen LogP contribution in [-0.2, 0) is 0 Å². The quantitative estimate of drug-likeness (QED) is 0.733. The zero-order valence-electron chi connectivity index (χ0n) is 13.8. The number of amides is 2. The van der Waals surface area contributed by atoms with Crippen LogP contribution >= 0.6 is 0 Å². The van der Waals surface area contributed by atoms with Gasteiger partial charge in [0.15, 0.2) is 6.73 Å². The SMILES string of the molecule is Cc1ccc(C)c(OCNC(=O)Nc2cccc(C(=O)O)c2)c1C. The lowest BCUT2D eigenvalue weighted by Crippen LogP contribution is -2.32. The molecule has 2 aromatic rings. The molecule has 126 valence electrons. The van der Waals surface area contributed by atoms with Gasteiger partial charge in [-0.05, 0) is 55.7 Å². The van der Waals surface area contributed by atoms with Crippen molar-refractivity contribution in [2.24, 2.45) is 0 Å². The molecule has 3 N–H and O–H groups in total. The van der Waals surface area contributed by atoms with E-state index in [0.29, 0.717) is 5.69 Å². The standard InChI is InChI=1S/C18H20N2O4/c1-11-7-8-12(2)16(13(11)3)24-10-19-18(23)20-15-6-4-5-14(9-15)17(21)22/h4-9H,10H2,1-3H3,(H,21,22)(H2,19,20,23). The maximum absolute atomic E-state index is 11.9. The smallest absolute Gasteiger partial charge is 0.335 e. The molecule has 0 atom stereocenters. The van der Waals surface area contributed by atoms with Gasteiger partial charge >= 0.3 is 12.0 Å². The normalized spacial score (nSPS) is 10.1. The number of carboxylic acids is 1. The van der Waals surface area contributed by atoms with Crippen LogP contribution in [0.2, 0.25) is 0 Å². The fraction of sp³-hybridized carbons (Fsp3) is 0.222. The molecule has 0 fully saturated rings. The topological polar surface area (TPSA) is 87.7 Å². The highest BCUT2D eigenvalue weighted by Gasteiger charge is 2.08. The Labute approximate surface area is 140 Å². The van der Waals surface area contributed by atoms with Gasteiger partial charge in [-0.15, -0.1) is 0 Å². The number of aryl methyl sites for hydroxylation is 2. The van der Waals surface area contributed by atoms with E-state index < -0.39 is 12.0 Å². The Morgan fingerprint density at radius 1 is 1.08 bits per heavy atom. The van der Waals surface area contributed by atoms with E-state index in [1.807, 2.05) is 32.9 Å². The number of aromatic carboxylic acids is 1. The molecule has 2 aromatic carbocycles. The van der Waals surface area contributed by atoms with Crippen LogP contribution in [-0.4, -0.2) is 23.8 Å². The molecule has 24 heavy (non-hydrogen) atoms. The summed E-state index contributed by atoms with van der Waals surface area (Å²) in [4.78, 5) is 22.8. The summed E-state index contributed by atoms with van der Waals surface area (Å²) in [5.74, 6) is -0.295. The van der Waals surface area contributed by atoms with Crippen LogP contribution in [0, 0.1) is 20.8 Å². The van der Waals surface area contributed by atoms with Gasteiger partial charge in [-0.2, -0.15) is 0 Å². The van der Waals surface area contributed by atoms with Crippen LogP contribution in [0.4, 0.5) is 10.5 Å². The summed E-state index contributed by atoms with van der Waals surface area (Å²) in [5, 5.41) is 14.1. The van der Waals surface area contributed by atoms with Gasteiger partial charge in [0, 0.05) is 5.69 Å². The van der Waals surface area contributed by atoms with E-state index in [1.54, 1.807) is 12.1 Å². The molecule has 2 rings (SSSR count). The van der Waals surface area contributed by atoms with E-state index in [1.165, 1.54) is 12.1 Å². The lowest BCUT2D eigenvalue weighted by Gasteiger charge is -2.14. The number of ether oxygens (including phenoxy) is 1. The number of carbonyl (C=O) groups excluding carboxylic acids is 1. The lowest BCUT2D eigenvalue weighted by atomic mass is 10.1. The molecular weight excluding hydrogens is 308 g/mol. The number of carboxylic acid groups (broad SMARTS) is 1. The zero-order valence-corrected chi connectivity index (χ0v) is 13.8. The molecule has 6 heteroatoms. The molecule has 2 amide bonds. The van der Waals surface area contributed by atoms with Gasteiger partial charge in [0.1, 0.15) is 5.75 Å². The van der Waals surface area contributed by atoms with Crippen molar-refractivity contribution < 1.29 is 19.4 Å². The van der Waals surface area contributed by atoms with E-state index in [0.717, 1.165) is 22.4 Å².